The van der Waals surface area contributed by atoms with E-state index in [1.54, 1.807) is 41.3 Å². The fourth-order valence-corrected chi connectivity index (χ4v) is 4.67. The highest BCUT2D eigenvalue weighted by Crippen LogP contribution is 2.26. The third-order valence-electron chi connectivity index (χ3n) is 4.78. The van der Waals surface area contributed by atoms with Gasteiger partial charge in [-0.25, -0.2) is 12.8 Å². The molecule has 2 aromatic rings. The summed E-state index contributed by atoms with van der Waals surface area (Å²) < 4.78 is 41.1. The summed E-state index contributed by atoms with van der Waals surface area (Å²) in [6.45, 7) is 1.72. The number of rotatable bonds is 2. The molecule has 4 rings (SSSR count). The summed E-state index contributed by atoms with van der Waals surface area (Å²) in [4.78, 5) is 16.4. The number of nitrogens with one attached hydrogen (secondary N) is 2. The molecule has 1 fully saturated rings. The Morgan fingerprint density at radius 1 is 1.00 bits per heavy atom. The van der Waals surface area contributed by atoms with Gasteiger partial charge in [0.25, 0.3) is 5.91 Å². The van der Waals surface area contributed by atoms with E-state index >= 15 is 0 Å². The average molecular weight is 390 g/mol. The molecular formula is C18H19FN4O3S. The third-order valence-corrected chi connectivity index (χ3v) is 6.26. The van der Waals surface area contributed by atoms with E-state index in [1.807, 2.05) is 4.90 Å². The van der Waals surface area contributed by atoms with E-state index in [1.165, 1.54) is 12.1 Å². The number of carbonyl (C=O) groups is 1. The van der Waals surface area contributed by atoms with Gasteiger partial charge in [0.2, 0.25) is 10.0 Å². The van der Waals surface area contributed by atoms with Crippen molar-refractivity contribution in [3.63, 3.8) is 0 Å². The molecule has 27 heavy (non-hydrogen) atoms. The number of hydrogen-bond donors (Lipinski definition) is 2. The Kier molecular flexibility index (Phi) is 4.48. The zero-order valence-electron chi connectivity index (χ0n) is 14.4. The molecule has 0 spiro atoms. The van der Waals surface area contributed by atoms with E-state index < -0.39 is 16.2 Å². The Hall–Kier alpha value is -2.65. The van der Waals surface area contributed by atoms with Crippen LogP contribution in [0.1, 0.15) is 0 Å². The van der Waals surface area contributed by atoms with Gasteiger partial charge in [0.1, 0.15) is 10.7 Å². The zero-order valence-corrected chi connectivity index (χ0v) is 15.2. The van der Waals surface area contributed by atoms with Crippen molar-refractivity contribution in [2.75, 3.05) is 36.4 Å². The maximum Gasteiger partial charge on any atom is 0.261 e. The Bertz CT molecular complexity index is 974. The molecule has 142 valence electrons. The van der Waals surface area contributed by atoms with Gasteiger partial charge in [0, 0.05) is 26.2 Å². The monoisotopic (exact) mass is 390 g/mol. The largest absolute Gasteiger partial charge is 0.366 e. The lowest BCUT2D eigenvalue weighted by atomic mass is 10.2. The number of amides is 1. The molecular weight excluding hydrogens is 371 g/mol. The van der Waals surface area contributed by atoms with Crippen LogP contribution in [0.3, 0.4) is 0 Å². The van der Waals surface area contributed by atoms with Crippen LogP contribution in [0.2, 0.25) is 0 Å². The first-order valence-electron chi connectivity index (χ1n) is 8.62. The minimum atomic E-state index is -3.75. The summed E-state index contributed by atoms with van der Waals surface area (Å²) in [6, 6.07) is 13.0. The van der Waals surface area contributed by atoms with Crippen molar-refractivity contribution in [3.05, 3.63) is 54.3 Å². The normalized spacial score (nSPS) is 21.3. The molecule has 0 bridgehead atoms. The SMILES string of the molecule is O=C([C@@H]1Nc2ccccc2S(=O)(=O)N1)N1CCN(c2ccccc2F)CC1. The third kappa shape index (κ3) is 3.35. The predicted octanol–water partition coefficient (Wildman–Crippen LogP) is 1.20. The molecule has 2 heterocycles. The number of sulfonamides is 1. The second-order valence-electron chi connectivity index (χ2n) is 6.46. The van der Waals surface area contributed by atoms with Gasteiger partial charge in [-0.15, -0.1) is 0 Å². The smallest absolute Gasteiger partial charge is 0.261 e. The number of piperazine rings is 1. The van der Waals surface area contributed by atoms with Crippen LogP contribution in [0.5, 0.6) is 0 Å². The summed E-state index contributed by atoms with van der Waals surface area (Å²) in [7, 11) is -3.75. The highest BCUT2D eigenvalue weighted by molar-refractivity contribution is 7.89. The summed E-state index contributed by atoms with van der Waals surface area (Å²) in [5, 5.41) is 2.95. The minimum Gasteiger partial charge on any atom is -0.366 e. The summed E-state index contributed by atoms with van der Waals surface area (Å²) in [6.07, 6.45) is -1.05. The average Bonchev–Trinajstić information content (AvgIpc) is 2.67. The molecule has 0 unspecified atom stereocenters. The first kappa shape index (κ1) is 17.7. The molecule has 0 aliphatic carbocycles. The van der Waals surface area contributed by atoms with Gasteiger partial charge in [-0.3, -0.25) is 4.79 Å². The number of hydrogen-bond acceptors (Lipinski definition) is 5. The molecule has 2 aliphatic heterocycles. The fourth-order valence-electron chi connectivity index (χ4n) is 3.39. The van der Waals surface area contributed by atoms with Crippen LogP contribution >= 0.6 is 0 Å². The Labute approximate surface area is 156 Å². The van der Waals surface area contributed by atoms with Gasteiger partial charge in [0.05, 0.1) is 11.4 Å². The van der Waals surface area contributed by atoms with Gasteiger partial charge < -0.3 is 15.1 Å². The number of benzene rings is 2. The lowest BCUT2D eigenvalue weighted by Crippen LogP contribution is -2.58. The summed E-state index contributed by atoms with van der Waals surface area (Å²) >= 11 is 0. The molecule has 0 radical (unpaired) electrons. The number of nitrogens with zero attached hydrogens (tertiary/aromatic N) is 2. The van der Waals surface area contributed by atoms with Crippen LogP contribution < -0.4 is 14.9 Å². The van der Waals surface area contributed by atoms with E-state index in [0.717, 1.165) is 0 Å². The highest BCUT2D eigenvalue weighted by atomic mass is 32.2. The van der Waals surface area contributed by atoms with Gasteiger partial charge in [0.15, 0.2) is 6.17 Å². The topological polar surface area (TPSA) is 81.7 Å². The molecule has 2 N–H and O–H groups in total. The van der Waals surface area contributed by atoms with Crippen molar-refractivity contribution in [2.45, 2.75) is 11.1 Å². The molecule has 1 saturated heterocycles. The maximum absolute atomic E-state index is 13.9. The predicted molar refractivity (Wildman–Crippen MR) is 99.4 cm³/mol. The van der Waals surface area contributed by atoms with E-state index in [0.29, 0.717) is 37.6 Å². The number of para-hydroxylation sites is 2. The van der Waals surface area contributed by atoms with Crippen LogP contribution in [-0.2, 0) is 14.8 Å². The first-order valence-corrected chi connectivity index (χ1v) is 10.1. The van der Waals surface area contributed by atoms with Gasteiger partial charge in [-0.1, -0.05) is 24.3 Å². The van der Waals surface area contributed by atoms with Crippen LogP contribution in [-0.4, -0.2) is 51.6 Å². The molecule has 2 aliphatic rings. The molecule has 0 saturated carbocycles. The number of anilines is 2. The second-order valence-corrected chi connectivity index (χ2v) is 8.14. The van der Waals surface area contributed by atoms with Crippen LogP contribution in [0.25, 0.3) is 0 Å². The molecule has 1 amide bonds. The maximum atomic E-state index is 13.9. The van der Waals surface area contributed by atoms with E-state index in [-0.39, 0.29) is 16.6 Å². The van der Waals surface area contributed by atoms with E-state index in [4.69, 9.17) is 0 Å². The van der Waals surface area contributed by atoms with Gasteiger partial charge >= 0.3 is 0 Å². The molecule has 9 heteroatoms. The molecule has 0 aromatic heterocycles. The first-order chi connectivity index (χ1) is 13.0. The lowest BCUT2D eigenvalue weighted by molar-refractivity contribution is -0.132. The van der Waals surface area contributed by atoms with Crippen LogP contribution in [0, 0.1) is 5.82 Å². The van der Waals surface area contributed by atoms with Crippen molar-refractivity contribution in [3.8, 4) is 0 Å². The van der Waals surface area contributed by atoms with Crippen molar-refractivity contribution >= 4 is 27.3 Å². The Morgan fingerprint density at radius 2 is 1.67 bits per heavy atom. The van der Waals surface area contributed by atoms with E-state index in [2.05, 4.69) is 10.0 Å². The Balaban J connectivity index is 1.45. The number of fused-ring (bicyclic) bond motifs is 1. The van der Waals surface area contributed by atoms with Gasteiger partial charge in [-0.05, 0) is 24.3 Å². The van der Waals surface area contributed by atoms with Crippen molar-refractivity contribution in [2.24, 2.45) is 0 Å². The molecule has 2 aromatic carbocycles. The quantitative estimate of drug-likeness (QED) is 0.806. The van der Waals surface area contributed by atoms with Crippen molar-refractivity contribution < 1.29 is 17.6 Å². The van der Waals surface area contributed by atoms with Crippen molar-refractivity contribution in [1.82, 2.24) is 9.62 Å². The Morgan fingerprint density at radius 3 is 2.41 bits per heavy atom. The zero-order chi connectivity index (χ0) is 19.0. The van der Waals surface area contributed by atoms with Crippen molar-refractivity contribution in [1.29, 1.82) is 0 Å². The standard InChI is InChI=1S/C18H19FN4O3S/c19-13-5-1-3-7-15(13)22-9-11-23(12-10-22)18(24)17-20-14-6-2-4-8-16(14)27(25,26)21-17/h1-8,17,20-21H,9-12H2/t17-/m1/s1. The molecule has 7 nitrogen and oxygen atoms in total. The molecule has 1 atom stereocenters. The van der Waals surface area contributed by atoms with Crippen LogP contribution in [0.15, 0.2) is 53.4 Å². The van der Waals surface area contributed by atoms with E-state index in [9.17, 15) is 17.6 Å². The summed E-state index contributed by atoms with van der Waals surface area (Å²) in [5.74, 6) is -0.642. The van der Waals surface area contributed by atoms with Gasteiger partial charge in [-0.2, -0.15) is 4.72 Å². The van der Waals surface area contributed by atoms with Crippen LogP contribution in [0.4, 0.5) is 15.8 Å². The fraction of sp³-hybridized carbons (Fsp3) is 0.278. The number of carbonyl (C=O) groups excluding carboxylic acids is 1. The lowest BCUT2D eigenvalue weighted by Gasteiger charge is -2.38. The second kappa shape index (κ2) is 6.82. The summed E-state index contributed by atoms with van der Waals surface area (Å²) in [5.41, 5.74) is 0.912. The highest BCUT2D eigenvalue weighted by Gasteiger charge is 2.36. The minimum absolute atomic E-state index is 0.124. The number of halogens is 1.